The van der Waals surface area contributed by atoms with Crippen LogP contribution in [0.2, 0.25) is 0 Å². The Morgan fingerprint density at radius 1 is 1.35 bits per heavy atom. The highest BCUT2D eigenvalue weighted by Gasteiger charge is 2.36. The standard InChI is InChI=1S/C16H22N2O2/c1-11-10-12(6-7-13(11)17)16(19)18-8-9-20-15-5-3-2-4-14(15)18/h6-7,10,14-15H,2-5,8-9,17H2,1H3. The van der Waals surface area contributed by atoms with Gasteiger partial charge in [-0.1, -0.05) is 12.8 Å². The molecule has 1 aliphatic heterocycles. The van der Waals surface area contributed by atoms with Gasteiger partial charge in [0.05, 0.1) is 18.8 Å². The summed E-state index contributed by atoms with van der Waals surface area (Å²) >= 11 is 0. The first-order valence-corrected chi connectivity index (χ1v) is 7.45. The van der Waals surface area contributed by atoms with Gasteiger partial charge in [-0.2, -0.15) is 0 Å². The molecule has 1 aromatic rings. The van der Waals surface area contributed by atoms with Crippen LogP contribution in [-0.2, 0) is 4.74 Å². The molecule has 1 heterocycles. The van der Waals surface area contributed by atoms with Crippen molar-refractivity contribution in [3.05, 3.63) is 29.3 Å². The van der Waals surface area contributed by atoms with Crippen LogP contribution >= 0.6 is 0 Å². The van der Waals surface area contributed by atoms with Gasteiger partial charge in [0.25, 0.3) is 5.91 Å². The molecule has 0 bridgehead atoms. The third-order valence-electron chi connectivity index (χ3n) is 4.51. The average molecular weight is 274 g/mol. The first kappa shape index (κ1) is 13.4. The van der Waals surface area contributed by atoms with Crippen molar-refractivity contribution in [2.75, 3.05) is 18.9 Å². The van der Waals surface area contributed by atoms with Gasteiger partial charge in [-0.3, -0.25) is 4.79 Å². The summed E-state index contributed by atoms with van der Waals surface area (Å²) in [5.41, 5.74) is 8.26. The molecule has 4 heteroatoms. The van der Waals surface area contributed by atoms with Crippen LogP contribution in [0.5, 0.6) is 0 Å². The van der Waals surface area contributed by atoms with Crippen molar-refractivity contribution in [2.24, 2.45) is 0 Å². The fourth-order valence-corrected chi connectivity index (χ4v) is 3.32. The second kappa shape index (κ2) is 5.44. The lowest BCUT2D eigenvalue weighted by Crippen LogP contribution is -2.54. The summed E-state index contributed by atoms with van der Waals surface area (Å²) < 4.78 is 5.83. The number of nitrogen functional groups attached to an aromatic ring is 1. The van der Waals surface area contributed by atoms with Crippen molar-refractivity contribution >= 4 is 11.6 Å². The zero-order valence-corrected chi connectivity index (χ0v) is 12.0. The number of anilines is 1. The number of nitrogens with zero attached hydrogens (tertiary/aromatic N) is 1. The van der Waals surface area contributed by atoms with Gasteiger partial charge in [0, 0.05) is 17.8 Å². The van der Waals surface area contributed by atoms with Gasteiger partial charge in [-0.05, 0) is 43.5 Å². The molecule has 0 spiro atoms. The molecule has 108 valence electrons. The summed E-state index contributed by atoms with van der Waals surface area (Å²) in [5, 5.41) is 0. The Morgan fingerprint density at radius 3 is 2.95 bits per heavy atom. The van der Waals surface area contributed by atoms with Crippen molar-refractivity contribution < 1.29 is 9.53 Å². The van der Waals surface area contributed by atoms with E-state index in [0.717, 1.165) is 29.7 Å². The van der Waals surface area contributed by atoms with Gasteiger partial charge in [-0.25, -0.2) is 0 Å². The van der Waals surface area contributed by atoms with Gasteiger partial charge >= 0.3 is 0 Å². The zero-order chi connectivity index (χ0) is 14.1. The number of carbonyl (C=O) groups excluding carboxylic acids is 1. The Balaban J connectivity index is 1.83. The van der Waals surface area contributed by atoms with Crippen LogP contribution in [0.1, 0.15) is 41.6 Å². The highest BCUT2D eigenvalue weighted by molar-refractivity contribution is 5.95. The summed E-state index contributed by atoms with van der Waals surface area (Å²) in [6.07, 6.45) is 4.77. The van der Waals surface area contributed by atoms with Crippen molar-refractivity contribution in [2.45, 2.75) is 44.8 Å². The maximum Gasteiger partial charge on any atom is 0.254 e. The average Bonchev–Trinajstić information content (AvgIpc) is 2.49. The van der Waals surface area contributed by atoms with Gasteiger partial charge in [0.15, 0.2) is 0 Å². The molecule has 0 radical (unpaired) electrons. The molecule has 2 unspecified atom stereocenters. The van der Waals surface area contributed by atoms with E-state index >= 15 is 0 Å². The van der Waals surface area contributed by atoms with E-state index in [-0.39, 0.29) is 18.1 Å². The van der Waals surface area contributed by atoms with Gasteiger partial charge < -0.3 is 15.4 Å². The van der Waals surface area contributed by atoms with Gasteiger partial charge in [-0.15, -0.1) is 0 Å². The number of amides is 1. The smallest absolute Gasteiger partial charge is 0.254 e. The molecule has 1 saturated heterocycles. The minimum atomic E-state index is 0.119. The minimum Gasteiger partial charge on any atom is -0.399 e. The number of hydrogen-bond acceptors (Lipinski definition) is 3. The van der Waals surface area contributed by atoms with Crippen LogP contribution in [0.15, 0.2) is 18.2 Å². The Labute approximate surface area is 119 Å². The molecule has 20 heavy (non-hydrogen) atoms. The van der Waals surface area contributed by atoms with E-state index in [0.29, 0.717) is 13.2 Å². The van der Waals surface area contributed by atoms with E-state index in [9.17, 15) is 4.79 Å². The zero-order valence-electron chi connectivity index (χ0n) is 12.0. The first-order valence-electron chi connectivity index (χ1n) is 7.45. The molecule has 2 N–H and O–H groups in total. The topological polar surface area (TPSA) is 55.6 Å². The summed E-state index contributed by atoms with van der Waals surface area (Å²) in [6, 6.07) is 5.80. The van der Waals surface area contributed by atoms with E-state index in [2.05, 4.69) is 0 Å². The summed E-state index contributed by atoms with van der Waals surface area (Å²) in [4.78, 5) is 14.8. The third kappa shape index (κ3) is 2.40. The SMILES string of the molecule is Cc1cc(C(=O)N2CCOC3CCCCC32)ccc1N. The second-order valence-corrected chi connectivity index (χ2v) is 5.83. The third-order valence-corrected chi connectivity index (χ3v) is 4.51. The number of hydrogen-bond donors (Lipinski definition) is 1. The minimum absolute atomic E-state index is 0.119. The Hall–Kier alpha value is -1.55. The molecule has 1 saturated carbocycles. The van der Waals surface area contributed by atoms with Crippen LogP contribution in [0.3, 0.4) is 0 Å². The molecule has 1 aliphatic carbocycles. The number of morpholine rings is 1. The number of ether oxygens (including phenoxy) is 1. The van der Waals surface area contributed by atoms with Crippen molar-refractivity contribution in [1.82, 2.24) is 4.90 Å². The largest absolute Gasteiger partial charge is 0.399 e. The van der Waals surface area contributed by atoms with Crippen LogP contribution in [-0.4, -0.2) is 36.1 Å². The second-order valence-electron chi connectivity index (χ2n) is 5.83. The summed E-state index contributed by atoms with van der Waals surface area (Å²) in [6.45, 7) is 3.29. The van der Waals surface area contributed by atoms with Crippen LogP contribution in [0.25, 0.3) is 0 Å². The van der Waals surface area contributed by atoms with Crippen LogP contribution < -0.4 is 5.73 Å². The van der Waals surface area contributed by atoms with Gasteiger partial charge in [0.2, 0.25) is 0 Å². The fourth-order valence-electron chi connectivity index (χ4n) is 3.32. The number of fused-ring (bicyclic) bond motifs is 1. The van der Waals surface area contributed by atoms with E-state index in [1.165, 1.54) is 12.8 Å². The lowest BCUT2D eigenvalue weighted by molar-refractivity contribution is -0.0752. The fraction of sp³-hybridized carbons (Fsp3) is 0.562. The maximum atomic E-state index is 12.7. The molecule has 2 aliphatic rings. The van der Waals surface area contributed by atoms with E-state index in [1.807, 2.05) is 30.0 Å². The molecule has 2 atom stereocenters. The number of carbonyl (C=O) groups is 1. The van der Waals surface area contributed by atoms with E-state index < -0.39 is 0 Å². The normalized spacial score (nSPS) is 26.1. The van der Waals surface area contributed by atoms with Crippen molar-refractivity contribution in [1.29, 1.82) is 0 Å². The number of benzene rings is 1. The van der Waals surface area contributed by atoms with Crippen molar-refractivity contribution in [3.8, 4) is 0 Å². The number of rotatable bonds is 1. The van der Waals surface area contributed by atoms with Crippen LogP contribution in [0.4, 0.5) is 5.69 Å². The Kier molecular flexibility index (Phi) is 3.66. The van der Waals surface area contributed by atoms with E-state index in [4.69, 9.17) is 10.5 Å². The molecular weight excluding hydrogens is 252 g/mol. The predicted octanol–water partition coefficient (Wildman–Crippen LogP) is 2.36. The van der Waals surface area contributed by atoms with E-state index in [1.54, 1.807) is 0 Å². The summed E-state index contributed by atoms with van der Waals surface area (Å²) in [5.74, 6) is 0.119. The number of aryl methyl sites for hydroxylation is 1. The van der Waals surface area contributed by atoms with Crippen molar-refractivity contribution in [3.63, 3.8) is 0 Å². The molecule has 1 amide bonds. The maximum absolute atomic E-state index is 12.7. The molecule has 4 nitrogen and oxygen atoms in total. The van der Waals surface area contributed by atoms with Gasteiger partial charge in [0.1, 0.15) is 0 Å². The molecular formula is C16H22N2O2. The lowest BCUT2D eigenvalue weighted by Gasteiger charge is -2.43. The molecule has 1 aromatic carbocycles. The monoisotopic (exact) mass is 274 g/mol. The highest BCUT2D eigenvalue weighted by atomic mass is 16.5. The summed E-state index contributed by atoms with van der Waals surface area (Å²) in [7, 11) is 0. The Morgan fingerprint density at radius 2 is 2.15 bits per heavy atom. The quantitative estimate of drug-likeness (QED) is 0.800. The molecule has 2 fully saturated rings. The number of nitrogens with two attached hydrogens (primary N) is 1. The highest BCUT2D eigenvalue weighted by Crippen LogP contribution is 2.29. The van der Waals surface area contributed by atoms with Crippen LogP contribution in [0, 0.1) is 6.92 Å². The predicted molar refractivity (Wildman–Crippen MR) is 78.6 cm³/mol. The molecule has 0 aromatic heterocycles. The first-order chi connectivity index (χ1) is 9.66. The molecule has 3 rings (SSSR count). The lowest BCUT2D eigenvalue weighted by atomic mass is 9.89. The Bertz CT molecular complexity index is 513.